The highest BCUT2D eigenvalue weighted by Gasteiger charge is 2.36. The van der Waals surface area contributed by atoms with Crippen LogP contribution in [0.1, 0.15) is 70.0 Å². The average Bonchev–Trinajstić information content (AvgIpc) is 3.15. The molecular formula is C20H31N3O4. The number of esters is 1. The van der Waals surface area contributed by atoms with E-state index in [1.54, 1.807) is 11.6 Å². The minimum atomic E-state index is -0.246. The van der Waals surface area contributed by atoms with Crippen molar-refractivity contribution in [1.29, 1.82) is 0 Å². The maximum Gasteiger partial charge on any atom is 0.307 e. The first-order valence-electron chi connectivity index (χ1n) is 10.1. The number of hydrogen-bond donors (Lipinski definition) is 1. The van der Waals surface area contributed by atoms with Gasteiger partial charge in [-0.25, -0.2) is 0 Å². The molecule has 27 heavy (non-hydrogen) atoms. The van der Waals surface area contributed by atoms with Crippen molar-refractivity contribution in [2.75, 3.05) is 7.11 Å². The van der Waals surface area contributed by atoms with Gasteiger partial charge in [0.2, 0.25) is 5.91 Å². The van der Waals surface area contributed by atoms with Crippen LogP contribution in [-0.4, -0.2) is 40.9 Å². The second-order valence-corrected chi connectivity index (χ2v) is 7.79. The molecule has 1 amide bonds. The molecule has 3 atom stereocenters. The monoisotopic (exact) mass is 377 g/mol. The Hall–Kier alpha value is -1.89. The number of carbonyl (C=O) groups is 2. The van der Waals surface area contributed by atoms with Crippen molar-refractivity contribution in [1.82, 2.24) is 15.1 Å². The Morgan fingerprint density at radius 3 is 2.78 bits per heavy atom. The molecule has 0 radical (unpaired) electrons. The maximum atomic E-state index is 11.6. The van der Waals surface area contributed by atoms with Gasteiger partial charge in [0, 0.05) is 24.7 Å². The molecule has 1 aromatic rings. The summed E-state index contributed by atoms with van der Waals surface area (Å²) >= 11 is 0. The summed E-state index contributed by atoms with van der Waals surface area (Å²) in [5.74, 6) is 0.341. The van der Waals surface area contributed by atoms with Crippen LogP contribution in [0, 0.1) is 5.92 Å². The van der Waals surface area contributed by atoms with Gasteiger partial charge in [-0.3, -0.25) is 14.3 Å². The van der Waals surface area contributed by atoms with Crippen LogP contribution in [0.2, 0.25) is 0 Å². The molecule has 0 unspecified atom stereocenters. The highest BCUT2D eigenvalue weighted by Crippen LogP contribution is 2.38. The van der Waals surface area contributed by atoms with Crippen LogP contribution in [-0.2, 0) is 25.6 Å². The normalized spacial score (nSPS) is 26.5. The van der Waals surface area contributed by atoms with Gasteiger partial charge >= 0.3 is 5.97 Å². The zero-order valence-corrected chi connectivity index (χ0v) is 16.4. The first-order valence-corrected chi connectivity index (χ1v) is 10.1. The van der Waals surface area contributed by atoms with Crippen molar-refractivity contribution in [3.8, 4) is 0 Å². The number of aromatic nitrogens is 2. The molecule has 1 aliphatic heterocycles. The number of ether oxygens (including phenoxy) is 2. The lowest BCUT2D eigenvalue weighted by Crippen LogP contribution is -2.44. The first kappa shape index (κ1) is 19.9. The number of nitrogens with zero attached hydrogens (tertiary/aromatic N) is 2. The lowest BCUT2D eigenvalue weighted by atomic mass is 9.80. The fourth-order valence-electron chi connectivity index (χ4n) is 4.36. The van der Waals surface area contributed by atoms with E-state index in [1.807, 2.05) is 12.4 Å². The zero-order valence-electron chi connectivity index (χ0n) is 16.4. The van der Waals surface area contributed by atoms with Crippen molar-refractivity contribution in [3.63, 3.8) is 0 Å². The van der Waals surface area contributed by atoms with Crippen LogP contribution in [0.25, 0.3) is 0 Å². The van der Waals surface area contributed by atoms with Crippen molar-refractivity contribution in [2.45, 2.75) is 83.1 Å². The molecule has 0 spiro atoms. The van der Waals surface area contributed by atoms with Gasteiger partial charge < -0.3 is 14.8 Å². The quantitative estimate of drug-likeness (QED) is 0.771. The Labute approximate surface area is 160 Å². The summed E-state index contributed by atoms with van der Waals surface area (Å²) in [5, 5.41) is 7.46. The van der Waals surface area contributed by atoms with Crippen molar-refractivity contribution < 1.29 is 19.1 Å². The van der Waals surface area contributed by atoms with E-state index in [1.165, 1.54) is 39.2 Å². The predicted octanol–water partition coefficient (Wildman–Crippen LogP) is 2.75. The summed E-state index contributed by atoms with van der Waals surface area (Å²) < 4.78 is 12.9. The van der Waals surface area contributed by atoms with Crippen LogP contribution in [0.15, 0.2) is 12.4 Å². The minimum Gasteiger partial charge on any atom is -0.469 e. The van der Waals surface area contributed by atoms with Crippen molar-refractivity contribution in [3.05, 3.63) is 18.0 Å². The summed E-state index contributed by atoms with van der Waals surface area (Å²) in [6, 6.07) is 0.131. The van der Waals surface area contributed by atoms with Gasteiger partial charge in [-0.1, -0.05) is 19.3 Å². The molecule has 1 saturated carbocycles. The second-order valence-electron chi connectivity index (χ2n) is 7.79. The molecule has 2 fully saturated rings. The molecule has 7 heteroatoms. The number of carbonyl (C=O) groups excluding carboxylic acids is 2. The fraction of sp³-hybridized carbons (Fsp3) is 0.750. The molecule has 0 bridgehead atoms. The van der Waals surface area contributed by atoms with Crippen molar-refractivity contribution in [2.24, 2.45) is 5.92 Å². The van der Waals surface area contributed by atoms with Gasteiger partial charge in [0.05, 0.1) is 38.5 Å². The standard InChI is InChI=1S/C20H31N3O4/c1-14(24)22-17-10-18(15-6-4-3-5-7-15)27-19(11-17)16-12-21-23(13-16)9-8-20(25)26-2/h12-13,15,17-19H,3-11H2,1-2H3,(H,22,24)/t17-,18-,19+/m0/s1. The summed E-state index contributed by atoms with van der Waals surface area (Å²) in [6.45, 7) is 2.06. The van der Waals surface area contributed by atoms with Gasteiger partial charge in [-0.15, -0.1) is 0 Å². The van der Waals surface area contributed by atoms with E-state index in [4.69, 9.17) is 4.74 Å². The van der Waals surface area contributed by atoms with E-state index in [-0.39, 0.29) is 30.1 Å². The van der Waals surface area contributed by atoms with Crippen LogP contribution < -0.4 is 5.32 Å². The minimum absolute atomic E-state index is 0.0109. The van der Waals surface area contributed by atoms with E-state index in [0.29, 0.717) is 18.9 Å². The Balaban J connectivity index is 1.67. The highest BCUT2D eigenvalue weighted by molar-refractivity contribution is 5.73. The SMILES string of the molecule is COC(=O)CCn1cc([C@H]2C[C@@H](NC(C)=O)C[C@@H](C3CCCCC3)O2)cn1. The van der Waals surface area contributed by atoms with Gasteiger partial charge in [0.1, 0.15) is 0 Å². The second kappa shape index (κ2) is 9.35. The number of rotatable bonds is 6. The third-order valence-corrected chi connectivity index (χ3v) is 5.74. The number of amides is 1. The third kappa shape index (κ3) is 5.54. The Bertz CT molecular complexity index is 639. The van der Waals surface area contributed by atoms with Crippen LogP contribution in [0.3, 0.4) is 0 Å². The predicted molar refractivity (Wildman–Crippen MR) is 99.9 cm³/mol. The fourth-order valence-corrected chi connectivity index (χ4v) is 4.36. The van der Waals surface area contributed by atoms with Gasteiger partial charge in [0.25, 0.3) is 0 Å². The van der Waals surface area contributed by atoms with E-state index >= 15 is 0 Å². The van der Waals surface area contributed by atoms with Crippen molar-refractivity contribution >= 4 is 11.9 Å². The number of methoxy groups -OCH3 is 1. The molecule has 1 saturated heterocycles. The first-order chi connectivity index (χ1) is 13.0. The number of aryl methyl sites for hydroxylation is 1. The topological polar surface area (TPSA) is 82.5 Å². The number of nitrogens with one attached hydrogen (secondary N) is 1. The van der Waals surface area contributed by atoms with Crippen LogP contribution in [0.4, 0.5) is 0 Å². The average molecular weight is 377 g/mol. The lowest BCUT2D eigenvalue weighted by Gasteiger charge is -2.40. The number of hydrogen-bond acceptors (Lipinski definition) is 5. The van der Waals surface area contributed by atoms with Gasteiger partial charge in [-0.2, -0.15) is 5.10 Å². The molecule has 0 aromatic carbocycles. The van der Waals surface area contributed by atoms with Crippen LogP contribution >= 0.6 is 0 Å². The molecule has 2 aliphatic rings. The van der Waals surface area contributed by atoms with Gasteiger partial charge in [0.15, 0.2) is 0 Å². The zero-order chi connectivity index (χ0) is 19.2. The molecule has 1 N–H and O–H groups in total. The Morgan fingerprint density at radius 1 is 1.30 bits per heavy atom. The Morgan fingerprint density at radius 2 is 2.07 bits per heavy atom. The smallest absolute Gasteiger partial charge is 0.307 e. The largest absolute Gasteiger partial charge is 0.469 e. The maximum absolute atomic E-state index is 11.6. The van der Waals surface area contributed by atoms with E-state index in [0.717, 1.165) is 18.4 Å². The molecular weight excluding hydrogens is 346 g/mol. The Kier molecular flexibility index (Phi) is 6.88. The molecule has 1 aromatic heterocycles. The summed E-state index contributed by atoms with van der Waals surface area (Å²) in [5.41, 5.74) is 1.01. The molecule has 2 heterocycles. The molecule has 7 nitrogen and oxygen atoms in total. The molecule has 150 valence electrons. The van der Waals surface area contributed by atoms with E-state index in [9.17, 15) is 9.59 Å². The molecule has 3 rings (SSSR count). The summed E-state index contributed by atoms with van der Waals surface area (Å²) in [6.07, 6.45) is 12.1. The van der Waals surface area contributed by atoms with E-state index in [2.05, 4.69) is 15.2 Å². The lowest BCUT2D eigenvalue weighted by molar-refractivity contribution is -0.140. The summed E-state index contributed by atoms with van der Waals surface area (Å²) in [7, 11) is 1.39. The summed E-state index contributed by atoms with van der Waals surface area (Å²) in [4.78, 5) is 22.9. The van der Waals surface area contributed by atoms with E-state index < -0.39 is 0 Å². The molecule has 1 aliphatic carbocycles. The highest BCUT2D eigenvalue weighted by atomic mass is 16.5. The third-order valence-electron chi connectivity index (χ3n) is 5.74. The van der Waals surface area contributed by atoms with Crippen LogP contribution in [0.5, 0.6) is 0 Å². The van der Waals surface area contributed by atoms with Gasteiger partial charge in [-0.05, 0) is 31.6 Å².